The minimum absolute atomic E-state index is 0.265. The van der Waals surface area contributed by atoms with Crippen LogP contribution >= 0.6 is 0 Å². The van der Waals surface area contributed by atoms with Gasteiger partial charge in [0.15, 0.2) is 0 Å². The Kier molecular flexibility index (Phi) is 3.14. The molecule has 0 fully saturated rings. The van der Waals surface area contributed by atoms with E-state index in [-0.39, 0.29) is 6.42 Å². The molecule has 15 heavy (non-hydrogen) atoms. The summed E-state index contributed by atoms with van der Waals surface area (Å²) in [5, 5.41) is 9.66. The van der Waals surface area contributed by atoms with Crippen LogP contribution in [0.15, 0.2) is 24.3 Å². The molecule has 84 valence electrons. The first-order chi connectivity index (χ1) is 6.68. The van der Waals surface area contributed by atoms with Gasteiger partial charge in [0.05, 0.1) is 5.60 Å². The van der Waals surface area contributed by atoms with E-state index < -0.39 is 11.5 Å². The molecule has 0 aliphatic rings. The van der Waals surface area contributed by atoms with Crippen LogP contribution in [0.4, 0.5) is 8.78 Å². The van der Waals surface area contributed by atoms with Gasteiger partial charge in [0, 0.05) is 6.42 Å². The van der Waals surface area contributed by atoms with Gasteiger partial charge in [-0.15, -0.1) is 0 Å². The predicted octanol–water partition coefficient (Wildman–Crippen LogP) is 3.11. The molecule has 0 bridgehead atoms. The van der Waals surface area contributed by atoms with E-state index in [9.17, 15) is 13.9 Å². The average molecular weight is 214 g/mol. The van der Waals surface area contributed by atoms with Gasteiger partial charge in [-0.1, -0.05) is 24.3 Å². The summed E-state index contributed by atoms with van der Waals surface area (Å²) >= 11 is 0. The first-order valence-electron chi connectivity index (χ1n) is 4.88. The van der Waals surface area contributed by atoms with Crippen molar-refractivity contribution in [2.45, 2.75) is 38.7 Å². The van der Waals surface area contributed by atoms with Crippen LogP contribution in [0.2, 0.25) is 0 Å². The van der Waals surface area contributed by atoms with Crippen molar-refractivity contribution in [3.8, 4) is 0 Å². The van der Waals surface area contributed by atoms with Gasteiger partial charge in [-0.2, -0.15) is 0 Å². The Balaban J connectivity index is 2.82. The third kappa shape index (κ3) is 3.96. The standard InChI is InChI=1S/C12H16F2O/c1-11(2,15)10-6-4-9(5-7-10)8-12(3,13)14/h4-7,15H,8H2,1-3H3. The number of aliphatic hydroxyl groups is 1. The summed E-state index contributed by atoms with van der Waals surface area (Å²) in [6, 6.07) is 6.62. The quantitative estimate of drug-likeness (QED) is 0.819. The summed E-state index contributed by atoms with van der Waals surface area (Å²) in [6.45, 7) is 4.23. The normalized spacial score (nSPS) is 12.9. The fourth-order valence-electron chi connectivity index (χ4n) is 1.39. The van der Waals surface area contributed by atoms with Crippen LogP contribution in [0.1, 0.15) is 31.9 Å². The Labute approximate surface area is 88.7 Å². The van der Waals surface area contributed by atoms with Gasteiger partial charge in [-0.3, -0.25) is 0 Å². The first-order valence-corrected chi connectivity index (χ1v) is 4.88. The second kappa shape index (κ2) is 3.89. The van der Waals surface area contributed by atoms with Crippen molar-refractivity contribution in [2.75, 3.05) is 0 Å². The van der Waals surface area contributed by atoms with Crippen molar-refractivity contribution in [1.82, 2.24) is 0 Å². The lowest BCUT2D eigenvalue weighted by Crippen LogP contribution is -2.16. The highest BCUT2D eigenvalue weighted by atomic mass is 19.3. The van der Waals surface area contributed by atoms with Crippen molar-refractivity contribution < 1.29 is 13.9 Å². The summed E-state index contributed by atoms with van der Waals surface area (Å²) < 4.78 is 25.4. The molecule has 0 unspecified atom stereocenters. The fraction of sp³-hybridized carbons (Fsp3) is 0.500. The molecule has 1 aromatic carbocycles. The highest BCUT2D eigenvalue weighted by Gasteiger charge is 2.22. The van der Waals surface area contributed by atoms with Crippen molar-refractivity contribution in [1.29, 1.82) is 0 Å². The van der Waals surface area contributed by atoms with Gasteiger partial charge in [0.25, 0.3) is 0 Å². The summed E-state index contributed by atoms with van der Waals surface area (Å²) in [5.74, 6) is -2.68. The Morgan fingerprint density at radius 3 is 1.87 bits per heavy atom. The van der Waals surface area contributed by atoms with E-state index >= 15 is 0 Å². The number of hydrogen-bond donors (Lipinski definition) is 1. The van der Waals surface area contributed by atoms with Crippen LogP contribution in [0.5, 0.6) is 0 Å². The second-order valence-corrected chi connectivity index (χ2v) is 4.50. The Morgan fingerprint density at radius 1 is 1.07 bits per heavy atom. The third-order valence-electron chi connectivity index (χ3n) is 2.17. The highest BCUT2D eigenvalue weighted by Crippen LogP contribution is 2.23. The molecule has 1 aromatic rings. The molecule has 0 spiro atoms. The summed E-state index contributed by atoms with van der Waals surface area (Å²) in [6.07, 6.45) is -0.265. The van der Waals surface area contributed by atoms with E-state index in [0.717, 1.165) is 12.5 Å². The van der Waals surface area contributed by atoms with E-state index in [2.05, 4.69) is 0 Å². The first kappa shape index (κ1) is 12.1. The molecule has 0 saturated carbocycles. The molecule has 0 aromatic heterocycles. The van der Waals surface area contributed by atoms with Crippen LogP contribution in [0, 0.1) is 0 Å². The lowest BCUT2D eigenvalue weighted by molar-refractivity contribution is 0.0226. The lowest BCUT2D eigenvalue weighted by Gasteiger charge is -2.18. The van der Waals surface area contributed by atoms with E-state index in [1.54, 1.807) is 38.1 Å². The lowest BCUT2D eigenvalue weighted by atomic mass is 9.96. The van der Waals surface area contributed by atoms with E-state index in [4.69, 9.17) is 0 Å². The maximum absolute atomic E-state index is 12.7. The maximum Gasteiger partial charge on any atom is 0.249 e. The highest BCUT2D eigenvalue weighted by molar-refractivity contribution is 5.26. The molecule has 0 aliphatic carbocycles. The molecular weight excluding hydrogens is 198 g/mol. The van der Waals surface area contributed by atoms with Crippen molar-refractivity contribution in [3.63, 3.8) is 0 Å². The molecule has 1 rings (SSSR count). The zero-order valence-electron chi connectivity index (χ0n) is 9.22. The maximum atomic E-state index is 12.7. The van der Waals surface area contributed by atoms with E-state index in [1.807, 2.05) is 0 Å². The van der Waals surface area contributed by atoms with Gasteiger partial charge < -0.3 is 5.11 Å². The SMILES string of the molecule is CC(F)(F)Cc1ccc(C(C)(C)O)cc1. The molecule has 0 aliphatic heterocycles. The molecule has 0 heterocycles. The van der Waals surface area contributed by atoms with Crippen molar-refractivity contribution >= 4 is 0 Å². The monoisotopic (exact) mass is 214 g/mol. The smallest absolute Gasteiger partial charge is 0.249 e. The number of rotatable bonds is 3. The second-order valence-electron chi connectivity index (χ2n) is 4.50. The van der Waals surface area contributed by atoms with Gasteiger partial charge in [0.2, 0.25) is 5.92 Å². The molecule has 0 atom stereocenters. The van der Waals surface area contributed by atoms with Gasteiger partial charge in [0.1, 0.15) is 0 Å². The number of alkyl halides is 2. The minimum Gasteiger partial charge on any atom is -0.386 e. The largest absolute Gasteiger partial charge is 0.386 e. The molecule has 1 nitrogen and oxygen atoms in total. The average Bonchev–Trinajstić information content (AvgIpc) is 2.00. The van der Waals surface area contributed by atoms with Crippen LogP contribution in [-0.2, 0) is 12.0 Å². The minimum atomic E-state index is -2.68. The molecule has 1 N–H and O–H groups in total. The summed E-state index contributed by atoms with van der Waals surface area (Å²) in [7, 11) is 0. The van der Waals surface area contributed by atoms with Crippen LogP contribution in [0.3, 0.4) is 0 Å². The number of benzene rings is 1. The van der Waals surface area contributed by atoms with Gasteiger partial charge in [-0.05, 0) is 31.9 Å². The van der Waals surface area contributed by atoms with Crippen molar-refractivity contribution in [3.05, 3.63) is 35.4 Å². The van der Waals surface area contributed by atoms with E-state index in [0.29, 0.717) is 5.56 Å². The van der Waals surface area contributed by atoms with Gasteiger partial charge >= 0.3 is 0 Å². The number of halogens is 2. The third-order valence-corrected chi connectivity index (χ3v) is 2.17. The predicted molar refractivity (Wildman–Crippen MR) is 56.0 cm³/mol. The molecular formula is C12H16F2O. The zero-order valence-corrected chi connectivity index (χ0v) is 9.22. The van der Waals surface area contributed by atoms with E-state index in [1.165, 1.54) is 0 Å². The summed E-state index contributed by atoms with van der Waals surface area (Å²) in [5.41, 5.74) is 0.383. The molecule has 0 amide bonds. The molecule has 3 heteroatoms. The van der Waals surface area contributed by atoms with Crippen LogP contribution in [-0.4, -0.2) is 11.0 Å². The zero-order chi connectivity index (χ0) is 11.7. The van der Waals surface area contributed by atoms with Crippen molar-refractivity contribution in [2.24, 2.45) is 0 Å². The topological polar surface area (TPSA) is 20.2 Å². The number of hydrogen-bond acceptors (Lipinski definition) is 1. The molecule has 0 radical (unpaired) electrons. The molecule has 0 saturated heterocycles. The Hall–Kier alpha value is -0.960. The Bertz CT molecular complexity index is 317. The summed E-state index contributed by atoms with van der Waals surface area (Å²) in [4.78, 5) is 0. The van der Waals surface area contributed by atoms with Gasteiger partial charge in [-0.25, -0.2) is 8.78 Å². The Morgan fingerprint density at radius 2 is 1.53 bits per heavy atom. The van der Waals surface area contributed by atoms with Crippen LogP contribution < -0.4 is 0 Å². The van der Waals surface area contributed by atoms with Crippen LogP contribution in [0.25, 0.3) is 0 Å². The fourth-order valence-corrected chi connectivity index (χ4v) is 1.39.